The first-order valence-electron chi connectivity index (χ1n) is 8.94. The molecule has 0 aliphatic heterocycles. The van der Waals surface area contributed by atoms with Crippen LogP contribution in [0.3, 0.4) is 0 Å². The third kappa shape index (κ3) is 3.76. The molecule has 0 radical (unpaired) electrons. The van der Waals surface area contributed by atoms with Crippen molar-refractivity contribution >= 4 is 17.1 Å². The van der Waals surface area contributed by atoms with Gasteiger partial charge in [0.15, 0.2) is 5.65 Å². The van der Waals surface area contributed by atoms with Crippen molar-refractivity contribution in [3.05, 3.63) is 42.1 Å². The van der Waals surface area contributed by atoms with Gasteiger partial charge in [0.2, 0.25) is 0 Å². The summed E-state index contributed by atoms with van der Waals surface area (Å²) in [6.45, 7) is 9.71. The fourth-order valence-corrected chi connectivity index (χ4v) is 3.00. The first-order valence-corrected chi connectivity index (χ1v) is 8.94. The van der Waals surface area contributed by atoms with Crippen molar-refractivity contribution in [2.45, 2.75) is 46.8 Å². The average molecular weight is 354 g/mol. The van der Waals surface area contributed by atoms with Gasteiger partial charge in [-0.25, -0.2) is 9.97 Å². The Kier molecular flexibility index (Phi) is 5.06. The van der Waals surface area contributed by atoms with Crippen LogP contribution in [0, 0.1) is 5.92 Å². The first-order chi connectivity index (χ1) is 12.3. The highest BCUT2D eigenvalue weighted by molar-refractivity contribution is 5.96. The molecular formula is C19H26N6O. The Morgan fingerprint density at radius 3 is 2.58 bits per heavy atom. The lowest BCUT2D eigenvalue weighted by molar-refractivity contribution is 0.0690. The molecule has 1 amide bonds. The van der Waals surface area contributed by atoms with Crippen molar-refractivity contribution in [3.63, 3.8) is 0 Å². The van der Waals surface area contributed by atoms with E-state index < -0.39 is 0 Å². The maximum Gasteiger partial charge on any atom is 0.256 e. The summed E-state index contributed by atoms with van der Waals surface area (Å²) < 4.78 is 3.78. The molecule has 0 N–H and O–H groups in total. The number of fused-ring (bicyclic) bond motifs is 1. The van der Waals surface area contributed by atoms with E-state index in [1.54, 1.807) is 23.4 Å². The van der Waals surface area contributed by atoms with Gasteiger partial charge in [-0.15, -0.1) is 0 Å². The molecule has 3 aromatic rings. The number of carbonyl (C=O) groups excluding carboxylic acids is 1. The van der Waals surface area contributed by atoms with Gasteiger partial charge < -0.3 is 9.47 Å². The second kappa shape index (κ2) is 7.27. The lowest BCUT2D eigenvalue weighted by Gasteiger charge is -2.26. The molecule has 0 unspecified atom stereocenters. The van der Waals surface area contributed by atoms with Crippen LogP contribution in [0.1, 0.15) is 43.6 Å². The van der Waals surface area contributed by atoms with Gasteiger partial charge in [0.1, 0.15) is 5.52 Å². The standard InChI is InChI=1S/C19H26N6O/c1-13(2)9-24-12-21-17-6-16(8-20-18(17)24)19(26)25(14(3)4)11-15-7-22-23(5)10-15/h6-8,10,12-14H,9,11H2,1-5H3. The molecule has 0 aliphatic rings. The topological polar surface area (TPSA) is 68.8 Å². The Balaban J connectivity index is 1.86. The monoisotopic (exact) mass is 354 g/mol. The molecule has 7 nitrogen and oxygen atoms in total. The molecule has 3 rings (SSSR count). The lowest BCUT2D eigenvalue weighted by Crippen LogP contribution is -2.36. The zero-order valence-electron chi connectivity index (χ0n) is 16.0. The lowest BCUT2D eigenvalue weighted by atomic mass is 10.2. The van der Waals surface area contributed by atoms with Crippen LogP contribution in [0.5, 0.6) is 0 Å². The van der Waals surface area contributed by atoms with E-state index in [0.29, 0.717) is 18.0 Å². The highest BCUT2D eigenvalue weighted by Crippen LogP contribution is 2.17. The molecule has 3 aromatic heterocycles. The third-order valence-electron chi connectivity index (χ3n) is 4.26. The van der Waals surface area contributed by atoms with Gasteiger partial charge in [0.25, 0.3) is 5.91 Å². The second-order valence-electron chi connectivity index (χ2n) is 7.41. The van der Waals surface area contributed by atoms with Gasteiger partial charge in [0, 0.05) is 44.1 Å². The van der Waals surface area contributed by atoms with Crippen molar-refractivity contribution in [1.29, 1.82) is 0 Å². The fraction of sp³-hybridized carbons (Fsp3) is 0.474. The van der Waals surface area contributed by atoms with Crippen molar-refractivity contribution < 1.29 is 4.79 Å². The first kappa shape index (κ1) is 18.1. The highest BCUT2D eigenvalue weighted by atomic mass is 16.2. The largest absolute Gasteiger partial charge is 0.332 e. The van der Waals surface area contributed by atoms with Crippen molar-refractivity contribution in [2.75, 3.05) is 0 Å². The van der Waals surface area contributed by atoms with Crippen LogP contribution in [0.15, 0.2) is 31.0 Å². The number of pyridine rings is 1. The zero-order chi connectivity index (χ0) is 18.8. The van der Waals surface area contributed by atoms with E-state index >= 15 is 0 Å². The fourth-order valence-electron chi connectivity index (χ4n) is 3.00. The Labute approximate surface area is 153 Å². The number of rotatable bonds is 6. The summed E-state index contributed by atoms with van der Waals surface area (Å²) in [4.78, 5) is 23.8. The van der Waals surface area contributed by atoms with E-state index in [9.17, 15) is 4.79 Å². The molecule has 0 atom stereocenters. The van der Waals surface area contributed by atoms with E-state index in [2.05, 4.69) is 28.9 Å². The van der Waals surface area contributed by atoms with Gasteiger partial charge in [-0.2, -0.15) is 5.10 Å². The Morgan fingerprint density at radius 2 is 1.96 bits per heavy atom. The molecule has 0 saturated carbocycles. The van der Waals surface area contributed by atoms with E-state index in [-0.39, 0.29) is 11.9 Å². The van der Waals surface area contributed by atoms with Gasteiger partial charge in [-0.05, 0) is 25.8 Å². The molecule has 0 bridgehead atoms. The zero-order valence-corrected chi connectivity index (χ0v) is 16.0. The molecule has 0 aromatic carbocycles. The third-order valence-corrected chi connectivity index (χ3v) is 4.26. The van der Waals surface area contributed by atoms with Crippen LogP contribution in [-0.2, 0) is 20.1 Å². The molecule has 138 valence electrons. The summed E-state index contributed by atoms with van der Waals surface area (Å²) in [6, 6.07) is 1.90. The smallest absolute Gasteiger partial charge is 0.256 e. The van der Waals surface area contributed by atoms with Gasteiger partial charge >= 0.3 is 0 Å². The number of aromatic nitrogens is 5. The van der Waals surface area contributed by atoms with Crippen LogP contribution < -0.4 is 0 Å². The Bertz CT molecular complexity index is 908. The maximum atomic E-state index is 13.0. The minimum atomic E-state index is -0.0448. The Hall–Kier alpha value is -2.70. The van der Waals surface area contributed by atoms with Crippen LogP contribution in [0.4, 0.5) is 0 Å². The predicted octanol–water partition coefficient (Wildman–Crippen LogP) is 2.87. The van der Waals surface area contributed by atoms with E-state index in [0.717, 1.165) is 23.3 Å². The van der Waals surface area contributed by atoms with E-state index in [4.69, 9.17) is 0 Å². The molecule has 0 saturated heterocycles. The molecule has 0 aliphatic carbocycles. The van der Waals surface area contributed by atoms with Crippen molar-refractivity contribution in [2.24, 2.45) is 13.0 Å². The Morgan fingerprint density at radius 1 is 1.19 bits per heavy atom. The quantitative estimate of drug-likeness (QED) is 0.682. The predicted molar refractivity (Wildman–Crippen MR) is 101 cm³/mol. The summed E-state index contributed by atoms with van der Waals surface area (Å²) >= 11 is 0. The molecule has 0 fully saturated rings. The maximum absolute atomic E-state index is 13.0. The summed E-state index contributed by atoms with van der Waals surface area (Å²) in [5.74, 6) is 0.461. The summed E-state index contributed by atoms with van der Waals surface area (Å²) in [7, 11) is 1.87. The SMILES string of the molecule is CC(C)Cn1cnc2cc(C(=O)N(Cc3cnn(C)c3)C(C)C)cnc21. The molecular weight excluding hydrogens is 328 g/mol. The molecule has 0 spiro atoms. The number of amides is 1. The van der Waals surface area contributed by atoms with Crippen molar-refractivity contribution in [3.8, 4) is 0 Å². The minimum Gasteiger partial charge on any atom is -0.332 e. The van der Waals surface area contributed by atoms with Crippen molar-refractivity contribution in [1.82, 2.24) is 29.2 Å². The van der Waals surface area contributed by atoms with Gasteiger partial charge in [-0.3, -0.25) is 9.48 Å². The second-order valence-corrected chi connectivity index (χ2v) is 7.41. The number of aryl methyl sites for hydroxylation is 1. The molecule has 26 heavy (non-hydrogen) atoms. The molecule has 7 heteroatoms. The highest BCUT2D eigenvalue weighted by Gasteiger charge is 2.21. The normalized spacial score (nSPS) is 11.7. The molecule has 3 heterocycles. The summed E-state index contributed by atoms with van der Waals surface area (Å²) in [5.41, 5.74) is 3.13. The number of hydrogen-bond donors (Lipinski definition) is 0. The number of carbonyl (C=O) groups is 1. The van der Waals surface area contributed by atoms with Crippen LogP contribution in [-0.4, -0.2) is 41.2 Å². The van der Waals surface area contributed by atoms with Crippen LogP contribution >= 0.6 is 0 Å². The van der Waals surface area contributed by atoms with Gasteiger partial charge in [0.05, 0.1) is 18.1 Å². The van der Waals surface area contributed by atoms with E-state index in [1.807, 2.05) is 42.6 Å². The number of imidazole rings is 1. The number of nitrogens with zero attached hydrogens (tertiary/aromatic N) is 6. The van der Waals surface area contributed by atoms with Crippen LogP contribution in [0.25, 0.3) is 11.2 Å². The minimum absolute atomic E-state index is 0.0448. The van der Waals surface area contributed by atoms with Gasteiger partial charge in [-0.1, -0.05) is 13.8 Å². The summed E-state index contributed by atoms with van der Waals surface area (Å²) in [6.07, 6.45) is 7.17. The average Bonchev–Trinajstić information content (AvgIpc) is 3.17. The van der Waals surface area contributed by atoms with E-state index in [1.165, 1.54) is 0 Å². The van der Waals surface area contributed by atoms with Crippen LogP contribution in [0.2, 0.25) is 0 Å². The summed E-state index contributed by atoms with van der Waals surface area (Å²) in [5, 5.41) is 4.18. The number of hydrogen-bond acceptors (Lipinski definition) is 4.